The Morgan fingerprint density at radius 3 is 2.00 bits per heavy atom. The van der Waals surface area contributed by atoms with E-state index in [4.69, 9.17) is 9.47 Å². The molecule has 2 saturated heterocycles. The zero-order valence-corrected chi connectivity index (χ0v) is 16.3. The monoisotopic (exact) mass is 379 g/mol. The van der Waals surface area contributed by atoms with E-state index < -0.39 is 0 Å². The van der Waals surface area contributed by atoms with Crippen LogP contribution in [0.25, 0.3) is 0 Å². The molecule has 0 saturated carbocycles. The number of rotatable bonds is 5. The van der Waals surface area contributed by atoms with E-state index in [1.165, 1.54) is 0 Å². The van der Waals surface area contributed by atoms with Gasteiger partial charge in [0.25, 0.3) is 0 Å². The quantitative estimate of drug-likeness (QED) is 0.860. The van der Waals surface area contributed by atoms with Crippen molar-refractivity contribution in [2.24, 2.45) is 11.8 Å². The summed E-state index contributed by atoms with van der Waals surface area (Å²) in [5.41, 5.74) is 2.06. The molecule has 2 aliphatic heterocycles. The largest absolute Gasteiger partial charge is 0.381 e. The van der Waals surface area contributed by atoms with E-state index in [2.05, 4.69) is 5.32 Å². The molecule has 0 aromatic heterocycles. The summed E-state index contributed by atoms with van der Waals surface area (Å²) in [6, 6.07) is 20.3. The number of carbonyl (C=O) groups is 1. The Balaban J connectivity index is 1.54. The van der Waals surface area contributed by atoms with Crippen molar-refractivity contribution in [2.45, 2.75) is 31.2 Å². The van der Waals surface area contributed by atoms with Gasteiger partial charge in [-0.2, -0.15) is 0 Å². The second-order valence-electron chi connectivity index (χ2n) is 7.85. The Labute approximate surface area is 167 Å². The molecule has 2 aliphatic rings. The minimum Gasteiger partial charge on any atom is -0.381 e. The molecule has 4 nitrogen and oxygen atoms in total. The number of amides is 1. The predicted octanol–water partition coefficient (Wildman–Crippen LogP) is 3.77. The number of benzene rings is 2. The average molecular weight is 380 g/mol. The molecule has 1 amide bonds. The third-order valence-electron chi connectivity index (χ3n) is 6.13. The summed E-state index contributed by atoms with van der Waals surface area (Å²) in [5, 5.41) is 3.40. The van der Waals surface area contributed by atoms with Crippen LogP contribution in [0.5, 0.6) is 0 Å². The predicted molar refractivity (Wildman–Crippen MR) is 109 cm³/mol. The van der Waals surface area contributed by atoms with E-state index in [1.807, 2.05) is 60.7 Å². The van der Waals surface area contributed by atoms with Gasteiger partial charge in [0.15, 0.2) is 0 Å². The highest BCUT2D eigenvalue weighted by atomic mass is 16.5. The normalized spacial score (nSPS) is 23.5. The fraction of sp³-hybridized carbons (Fsp3) is 0.458. The van der Waals surface area contributed by atoms with Crippen LogP contribution in [0.4, 0.5) is 0 Å². The number of hydrogen-bond acceptors (Lipinski definition) is 3. The molecule has 2 atom stereocenters. The molecule has 1 N–H and O–H groups in total. The summed E-state index contributed by atoms with van der Waals surface area (Å²) in [4.78, 5) is 13.5. The van der Waals surface area contributed by atoms with Crippen LogP contribution in [-0.2, 0) is 14.3 Å². The molecule has 4 heteroatoms. The molecule has 148 valence electrons. The number of ether oxygens (including phenoxy) is 2. The minimum absolute atomic E-state index is 0.0846. The summed E-state index contributed by atoms with van der Waals surface area (Å²) in [6.07, 6.45) is 2.99. The van der Waals surface area contributed by atoms with E-state index >= 15 is 0 Å². The maximum absolute atomic E-state index is 13.5. The summed E-state index contributed by atoms with van der Waals surface area (Å²) in [5.74, 6) is 0.724. The van der Waals surface area contributed by atoms with Crippen LogP contribution < -0.4 is 5.32 Å². The topological polar surface area (TPSA) is 47.6 Å². The molecule has 0 bridgehead atoms. The van der Waals surface area contributed by atoms with Crippen molar-refractivity contribution < 1.29 is 14.3 Å². The van der Waals surface area contributed by atoms with E-state index in [9.17, 15) is 4.79 Å². The summed E-state index contributed by atoms with van der Waals surface area (Å²) < 4.78 is 11.3. The zero-order chi connectivity index (χ0) is 19.2. The SMILES string of the molecule is O=C(N[C@@H]1CCOC[C@@H]1C1CCOCC1)C(c1ccccc1)c1ccccc1. The smallest absolute Gasteiger partial charge is 0.232 e. The number of carbonyl (C=O) groups excluding carboxylic acids is 1. The van der Waals surface area contributed by atoms with Crippen LogP contribution in [0.1, 0.15) is 36.3 Å². The summed E-state index contributed by atoms with van der Waals surface area (Å²) in [7, 11) is 0. The second kappa shape index (κ2) is 9.35. The van der Waals surface area contributed by atoms with Crippen LogP contribution in [0.3, 0.4) is 0 Å². The lowest BCUT2D eigenvalue weighted by Gasteiger charge is -2.39. The van der Waals surface area contributed by atoms with Crippen LogP contribution in [0.2, 0.25) is 0 Å². The van der Waals surface area contributed by atoms with Gasteiger partial charge in [0.2, 0.25) is 5.91 Å². The first-order valence-electron chi connectivity index (χ1n) is 10.4. The van der Waals surface area contributed by atoms with Gasteiger partial charge in [-0.3, -0.25) is 4.79 Å². The third kappa shape index (κ3) is 4.45. The maximum atomic E-state index is 13.5. The van der Waals surface area contributed by atoms with E-state index in [-0.39, 0.29) is 17.9 Å². The third-order valence-corrected chi connectivity index (χ3v) is 6.13. The van der Waals surface area contributed by atoms with Gasteiger partial charge in [0.05, 0.1) is 12.5 Å². The molecule has 0 radical (unpaired) electrons. The Morgan fingerprint density at radius 2 is 1.39 bits per heavy atom. The molecule has 4 rings (SSSR count). The lowest BCUT2D eigenvalue weighted by Crippen LogP contribution is -2.50. The lowest BCUT2D eigenvalue weighted by molar-refractivity contribution is -0.124. The molecule has 2 fully saturated rings. The van der Waals surface area contributed by atoms with Crippen molar-refractivity contribution in [3.8, 4) is 0 Å². The highest BCUT2D eigenvalue weighted by molar-refractivity contribution is 5.87. The van der Waals surface area contributed by atoms with Gasteiger partial charge < -0.3 is 14.8 Å². The van der Waals surface area contributed by atoms with Crippen molar-refractivity contribution in [1.29, 1.82) is 0 Å². The van der Waals surface area contributed by atoms with Gasteiger partial charge in [-0.25, -0.2) is 0 Å². The molecule has 0 aliphatic carbocycles. The Kier molecular flexibility index (Phi) is 6.40. The van der Waals surface area contributed by atoms with Gasteiger partial charge in [-0.05, 0) is 36.3 Å². The minimum atomic E-state index is -0.291. The summed E-state index contributed by atoms with van der Waals surface area (Å²) in [6.45, 7) is 3.08. The fourth-order valence-electron chi connectivity index (χ4n) is 4.60. The number of hydrogen-bond donors (Lipinski definition) is 1. The molecule has 2 heterocycles. The molecule has 0 spiro atoms. The van der Waals surface area contributed by atoms with Crippen LogP contribution in [0.15, 0.2) is 60.7 Å². The van der Waals surface area contributed by atoms with Crippen LogP contribution >= 0.6 is 0 Å². The summed E-state index contributed by atoms with van der Waals surface area (Å²) >= 11 is 0. The first-order valence-corrected chi connectivity index (χ1v) is 10.4. The Bertz CT molecular complexity index is 703. The highest BCUT2D eigenvalue weighted by Gasteiger charge is 2.35. The molecule has 2 aromatic rings. The number of nitrogens with one attached hydrogen (secondary N) is 1. The Morgan fingerprint density at radius 1 is 0.821 bits per heavy atom. The first-order chi connectivity index (χ1) is 13.8. The molecule has 28 heavy (non-hydrogen) atoms. The van der Waals surface area contributed by atoms with Gasteiger partial charge >= 0.3 is 0 Å². The van der Waals surface area contributed by atoms with Crippen molar-refractivity contribution >= 4 is 5.91 Å². The molecule has 0 unspecified atom stereocenters. The van der Waals surface area contributed by atoms with E-state index in [0.29, 0.717) is 18.4 Å². The van der Waals surface area contributed by atoms with E-state index in [0.717, 1.165) is 50.2 Å². The van der Waals surface area contributed by atoms with E-state index in [1.54, 1.807) is 0 Å². The van der Waals surface area contributed by atoms with Crippen molar-refractivity contribution in [1.82, 2.24) is 5.32 Å². The standard InChI is InChI=1S/C24H29NO3/c26-24(23(19-7-3-1-4-8-19)20-9-5-2-6-10-20)25-22-13-16-28-17-21(22)18-11-14-27-15-12-18/h1-10,18,21-23H,11-17H2,(H,25,26)/t21-,22-/m1/s1. The Hall–Kier alpha value is -2.17. The van der Waals surface area contributed by atoms with Gasteiger partial charge in [0.1, 0.15) is 0 Å². The van der Waals surface area contributed by atoms with Crippen molar-refractivity contribution in [3.05, 3.63) is 71.8 Å². The molecular weight excluding hydrogens is 350 g/mol. The first kappa shape index (κ1) is 19.2. The van der Waals surface area contributed by atoms with Crippen LogP contribution in [-0.4, -0.2) is 38.4 Å². The zero-order valence-electron chi connectivity index (χ0n) is 16.3. The van der Waals surface area contributed by atoms with Crippen molar-refractivity contribution in [2.75, 3.05) is 26.4 Å². The van der Waals surface area contributed by atoms with Crippen LogP contribution in [0, 0.1) is 11.8 Å². The molecule has 2 aromatic carbocycles. The fourth-order valence-corrected chi connectivity index (χ4v) is 4.60. The van der Waals surface area contributed by atoms with Crippen molar-refractivity contribution in [3.63, 3.8) is 0 Å². The maximum Gasteiger partial charge on any atom is 0.232 e. The van der Waals surface area contributed by atoms with Gasteiger partial charge in [-0.1, -0.05) is 60.7 Å². The molecular formula is C24H29NO3. The van der Waals surface area contributed by atoms with Gasteiger partial charge in [0, 0.05) is 31.8 Å². The lowest BCUT2D eigenvalue weighted by atomic mass is 9.79. The highest BCUT2D eigenvalue weighted by Crippen LogP contribution is 2.32. The second-order valence-corrected chi connectivity index (χ2v) is 7.85. The average Bonchev–Trinajstić information content (AvgIpc) is 2.76. The van der Waals surface area contributed by atoms with Gasteiger partial charge in [-0.15, -0.1) is 0 Å².